The van der Waals surface area contributed by atoms with E-state index in [-0.39, 0.29) is 5.91 Å². The van der Waals surface area contributed by atoms with Crippen LogP contribution >= 0.6 is 15.9 Å². The molecule has 0 bridgehead atoms. The van der Waals surface area contributed by atoms with E-state index in [0.29, 0.717) is 24.5 Å². The molecule has 0 aliphatic rings. The Kier molecular flexibility index (Phi) is 7.54. The summed E-state index contributed by atoms with van der Waals surface area (Å²) >= 11 is 3.43. The number of ether oxygens (including phenoxy) is 1. The monoisotopic (exact) mass is 516 g/mol. The maximum absolute atomic E-state index is 12.5. The number of rotatable bonds is 8. The molecule has 0 atom stereocenters. The number of halogens is 1. The summed E-state index contributed by atoms with van der Waals surface area (Å²) < 4.78 is 8.93. The minimum atomic E-state index is -0.276. The van der Waals surface area contributed by atoms with Crippen molar-refractivity contribution < 1.29 is 9.53 Å². The summed E-state index contributed by atoms with van der Waals surface area (Å²) in [5.41, 5.74) is 8.13. The van der Waals surface area contributed by atoms with Gasteiger partial charge >= 0.3 is 0 Å². The van der Waals surface area contributed by atoms with E-state index < -0.39 is 0 Å². The lowest BCUT2D eigenvalue weighted by Gasteiger charge is -2.09. The van der Waals surface area contributed by atoms with Crippen molar-refractivity contribution in [2.24, 2.45) is 5.10 Å². The van der Waals surface area contributed by atoms with Gasteiger partial charge in [-0.05, 0) is 67.4 Å². The third-order valence-electron chi connectivity index (χ3n) is 5.25. The second-order valence-electron chi connectivity index (χ2n) is 7.93. The van der Waals surface area contributed by atoms with Gasteiger partial charge in [0.15, 0.2) is 0 Å². The molecule has 7 heteroatoms. The summed E-state index contributed by atoms with van der Waals surface area (Å²) in [7, 11) is 0. The topological polar surface area (TPSA) is 68.5 Å². The van der Waals surface area contributed by atoms with Crippen molar-refractivity contribution in [2.45, 2.75) is 27.0 Å². The summed E-state index contributed by atoms with van der Waals surface area (Å²) in [6.07, 6.45) is 1.59. The zero-order valence-corrected chi connectivity index (χ0v) is 20.6. The molecule has 0 aliphatic heterocycles. The summed E-state index contributed by atoms with van der Waals surface area (Å²) in [5, 5.41) is 8.60. The van der Waals surface area contributed by atoms with Gasteiger partial charge in [-0.3, -0.25) is 9.48 Å². The minimum absolute atomic E-state index is 0.276. The van der Waals surface area contributed by atoms with Crippen molar-refractivity contribution in [2.75, 3.05) is 0 Å². The number of hydrogen-bond acceptors (Lipinski definition) is 4. The molecular formula is C27H25BrN4O2. The Bertz CT molecular complexity index is 1300. The highest BCUT2D eigenvalue weighted by Gasteiger charge is 2.07. The highest BCUT2D eigenvalue weighted by Crippen LogP contribution is 2.18. The van der Waals surface area contributed by atoms with Gasteiger partial charge in [0.1, 0.15) is 12.4 Å². The fourth-order valence-electron chi connectivity index (χ4n) is 3.45. The first-order chi connectivity index (χ1) is 16.5. The van der Waals surface area contributed by atoms with Gasteiger partial charge in [0.05, 0.1) is 18.5 Å². The first-order valence-corrected chi connectivity index (χ1v) is 11.7. The molecule has 4 aromatic rings. The van der Waals surface area contributed by atoms with Crippen molar-refractivity contribution >= 4 is 28.1 Å². The number of amides is 1. The second-order valence-corrected chi connectivity index (χ2v) is 8.85. The minimum Gasteiger partial charge on any atom is -0.488 e. The second kappa shape index (κ2) is 10.9. The normalized spacial score (nSPS) is 11.0. The zero-order valence-electron chi connectivity index (χ0n) is 19.0. The molecule has 1 aromatic heterocycles. The van der Waals surface area contributed by atoms with E-state index in [1.54, 1.807) is 18.3 Å². The standard InChI is InChI=1S/C27H25BrN4O2/c1-19-15-20(2)32(31-19)17-21-7-11-23(12-8-21)27(33)30-29-16-24-5-3-4-6-26(24)34-18-22-9-13-25(28)14-10-22/h3-16H,17-18H2,1-2H3,(H,30,33). The van der Waals surface area contributed by atoms with Gasteiger partial charge in [0.25, 0.3) is 5.91 Å². The van der Waals surface area contributed by atoms with Crippen molar-refractivity contribution in [1.82, 2.24) is 15.2 Å². The van der Waals surface area contributed by atoms with E-state index in [1.165, 1.54) is 0 Å². The molecule has 0 radical (unpaired) electrons. The van der Waals surface area contributed by atoms with Gasteiger partial charge in [-0.15, -0.1) is 0 Å². The molecular weight excluding hydrogens is 492 g/mol. The van der Waals surface area contributed by atoms with Gasteiger partial charge < -0.3 is 4.74 Å². The van der Waals surface area contributed by atoms with E-state index in [1.807, 2.05) is 85.3 Å². The Morgan fingerprint density at radius 2 is 1.74 bits per heavy atom. The predicted molar refractivity (Wildman–Crippen MR) is 137 cm³/mol. The molecule has 1 N–H and O–H groups in total. The molecule has 34 heavy (non-hydrogen) atoms. The first kappa shape index (κ1) is 23.4. The maximum Gasteiger partial charge on any atom is 0.271 e. The van der Waals surface area contributed by atoms with Gasteiger partial charge in [-0.25, -0.2) is 5.43 Å². The van der Waals surface area contributed by atoms with Crippen LogP contribution in [-0.4, -0.2) is 21.9 Å². The average Bonchev–Trinajstić information content (AvgIpc) is 3.16. The Morgan fingerprint density at radius 1 is 1.03 bits per heavy atom. The van der Waals surface area contributed by atoms with E-state index in [2.05, 4.69) is 31.6 Å². The predicted octanol–water partition coefficient (Wildman–Crippen LogP) is 5.65. The lowest BCUT2D eigenvalue weighted by molar-refractivity contribution is 0.0955. The molecule has 0 spiro atoms. The Hall–Kier alpha value is -3.71. The maximum atomic E-state index is 12.5. The third-order valence-corrected chi connectivity index (χ3v) is 5.78. The average molecular weight is 517 g/mol. The van der Waals surface area contributed by atoms with E-state index in [4.69, 9.17) is 4.74 Å². The van der Waals surface area contributed by atoms with Crippen LogP contribution in [0.3, 0.4) is 0 Å². The summed E-state index contributed by atoms with van der Waals surface area (Å²) in [5.74, 6) is 0.416. The van der Waals surface area contributed by atoms with Crippen LogP contribution in [0.25, 0.3) is 0 Å². The summed E-state index contributed by atoms with van der Waals surface area (Å²) in [6.45, 7) is 5.11. The molecule has 0 aliphatic carbocycles. The molecule has 1 heterocycles. The van der Waals surface area contributed by atoms with Gasteiger partial charge in [-0.2, -0.15) is 10.2 Å². The lowest BCUT2D eigenvalue weighted by Crippen LogP contribution is -2.17. The molecule has 6 nitrogen and oxygen atoms in total. The molecule has 3 aromatic carbocycles. The Labute approximate surface area is 207 Å². The molecule has 0 unspecified atom stereocenters. The number of aryl methyl sites for hydroxylation is 2. The van der Waals surface area contributed by atoms with Crippen LogP contribution in [0.4, 0.5) is 0 Å². The molecule has 1 amide bonds. The molecule has 172 valence electrons. The molecule has 0 saturated heterocycles. The van der Waals surface area contributed by atoms with Gasteiger partial charge in [-0.1, -0.05) is 52.3 Å². The number of benzene rings is 3. The third kappa shape index (κ3) is 6.20. The van der Waals surface area contributed by atoms with Gasteiger partial charge in [0, 0.05) is 21.3 Å². The smallest absolute Gasteiger partial charge is 0.271 e. The van der Waals surface area contributed by atoms with Gasteiger partial charge in [0.2, 0.25) is 0 Å². The molecule has 0 saturated carbocycles. The Morgan fingerprint density at radius 3 is 2.44 bits per heavy atom. The highest BCUT2D eigenvalue weighted by atomic mass is 79.9. The number of nitrogens with one attached hydrogen (secondary N) is 1. The van der Waals surface area contributed by atoms with E-state index >= 15 is 0 Å². The Balaban J connectivity index is 1.34. The van der Waals surface area contributed by atoms with Crippen LogP contribution in [0.2, 0.25) is 0 Å². The van der Waals surface area contributed by atoms with Crippen LogP contribution in [0, 0.1) is 13.8 Å². The number of aromatic nitrogens is 2. The largest absolute Gasteiger partial charge is 0.488 e. The van der Waals surface area contributed by atoms with Crippen LogP contribution < -0.4 is 10.2 Å². The van der Waals surface area contributed by atoms with Crippen LogP contribution in [0.15, 0.2) is 88.4 Å². The SMILES string of the molecule is Cc1cc(C)n(Cc2ccc(C(=O)NN=Cc3ccccc3OCc3ccc(Br)cc3)cc2)n1. The molecule has 0 fully saturated rings. The van der Waals surface area contributed by atoms with Crippen molar-refractivity contribution in [3.05, 3.63) is 117 Å². The van der Waals surface area contributed by atoms with Crippen molar-refractivity contribution in [3.63, 3.8) is 0 Å². The number of hydrazone groups is 1. The summed E-state index contributed by atoms with van der Waals surface area (Å²) in [6, 6.07) is 25.0. The van der Waals surface area contributed by atoms with Crippen molar-refractivity contribution in [1.29, 1.82) is 0 Å². The fourth-order valence-corrected chi connectivity index (χ4v) is 3.72. The molecule has 4 rings (SSSR count). The van der Waals surface area contributed by atoms with Crippen LogP contribution in [-0.2, 0) is 13.2 Å². The highest BCUT2D eigenvalue weighted by molar-refractivity contribution is 9.10. The zero-order chi connectivity index (χ0) is 23.9. The summed E-state index contributed by atoms with van der Waals surface area (Å²) in [4.78, 5) is 12.5. The number of para-hydroxylation sites is 1. The van der Waals surface area contributed by atoms with Crippen molar-refractivity contribution in [3.8, 4) is 5.75 Å². The number of hydrogen-bond donors (Lipinski definition) is 1. The lowest BCUT2D eigenvalue weighted by atomic mass is 10.1. The van der Waals surface area contributed by atoms with Crippen LogP contribution in [0.1, 0.15) is 38.4 Å². The first-order valence-electron chi connectivity index (χ1n) is 10.9. The number of nitrogens with zero attached hydrogens (tertiary/aromatic N) is 3. The van der Waals surface area contributed by atoms with E-state index in [9.17, 15) is 4.79 Å². The quantitative estimate of drug-likeness (QED) is 0.243. The van der Waals surface area contributed by atoms with E-state index in [0.717, 1.165) is 32.6 Å². The van der Waals surface area contributed by atoms with Crippen LogP contribution in [0.5, 0.6) is 5.75 Å². The fraction of sp³-hybridized carbons (Fsp3) is 0.148. The number of carbonyl (C=O) groups is 1. The number of carbonyl (C=O) groups excluding carboxylic acids is 1.